The number of carbonyl (C=O) groups excluding carboxylic acids is 2. The fourth-order valence-electron chi connectivity index (χ4n) is 4.40. The molecule has 174 valence electrons. The van der Waals surface area contributed by atoms with Gasteiger partial charge in [-0.3, -0.25) is 14.5 Å². The number of nitrogens with zero attached hydrogens (tertiary/aromatic N) is 1. The Bertz CT molecular complexity index is 1180. The summed E-state index contributed by atoms with van der Waals surface area (Å²) in [5.74, 6) is -0.449. The standard InChI is InChI=1S/C27H27N3O4/c31-24-11-10-22(18-23(24)29-26(33)27(12-13-27)30-14-16-34-17-15-30)28-25(32)21-8-6-20(7-9-21)19-4-2-1-3-5-19/h1-11,18,31H,12-17H2,(H,28,32)(H,29,33). The van der Waals surface area contributed by atoms with E-state index in [0.717, 1.165) is 37.1 Å². The Morgan fingerprint density at radius 3 is 2.21 bits per heavy atom. The molecule has 2 aliphatic rings. The lowest BCUT2D eigenvalue weighted by Gasteiger charge is -2.33. The van der Waals surface area contributed by atoms with Gasteiger partial charge in [-0.15, -0.1) is 0 Å². The maximum atomic E-state index is 13.1. The number of rotatable bonds is 6. The lowest BCUT2D eigenvalue weighted by atomic mass is 10.0. The molecule has 7 heteroatoms. The molecule has 1 heterocycles. The van der Waals surface area contributed by atoms with Crippen LogP contribution in [-0.4, -0.2) is 53.7 Å². The summed E-state index contributed by atoms with van der Waals surface area (Å²) in [5.41, 5.74) is 2.86. The quantitative estimate of drug-likeness (QED) is 0.383. The summed E-state index contributed by atoms with van der Waals surface area (Å²) in [6, 6.07) is 22.0. The maximum absolute atomic E-state index is 13.1. The van der Waals surface area contributed by atoms with E-state index in [4.69, 9.17) is 4.74 Å². The predicted molar refractivity (Wildman–Crippen MR) is 131 cm³/mol. The van der Waals surface area contributed by atoms with Gasteiger partial charge in [0.05, 0.1) is 18.9 Å². The maximum Gasteiger partial charge on any atom is 0.255 e. The van der Waals surface area contributed by atoms with Gasteiger partial charge in [0.2, 0.25) is 5.91 Å². The topological polar surface area (TPSA) is 90.9 Å². The van der Waals surface area contributed by atoms with Gasteiger partial charge in [0.25, 0.3) is 5.91 Å². The summed E-state index contributed by atoms with van der Waals surface area (Å²) in [7, 11) is 0. The fourth-order valence-corrected chi connectivity index (χ4v) is 4.40. The average molecular weight is 458 g/mol. The molecule has 34 heavy (non-hydrogen) atoms. The van der Waals surface area contributed by atoms with E-state index < -0.39 is 5.54 Å². The number of morpholine rings is 1. The molecule has 3 N–H and O–H groups in total. The number of phenols is 1. The lowest BCUT2D eigenvalue weighted by Crippen LogP contribution is -2.51. The van der Waals surface area contributed by atoms with Crippen LogP contribution in [0.3, 0.4) is 0 Å². The number of anilines is 2. The van der Waals surface area contributed by atoms with Crippen molar-refractivity contribution >= 4 is 23.2 Å². The van der Waals surface area contributed by atoms with Crippen LogP contribution in [-0.2, 0) is 9.53 Å². The van der Waals surface area contributed by atoms with E-state index in [1.807, 2.05) is 42.5 Å². The van der Waals surface area contributed by atoms with E-state index in [0.29, 0.717) is 24.5 Å². The monoisotopic (exact) mass is 457 g/mol. The molecular formula is C27H27N3O4. The first-order valence-corrected chi connectivity index (χ1v) is 11.5. The molecule has 0 unspecified atom stereocenters. The van der Waals surface area contributed by atoms with Crippen molar-refractivity contribution in [3.63, 3.8) is 0 Å². The van der Waals surface area contributed by atoms with Crippen LogP contribution in [0.5, 0.6) is 5.75 Å². The number of aromatic hydroxyl groups is 1. The van der Waals surface area contributed by atoms with Crippen molar-refractivity contribution in [3.05, 3.63) is 78.4 Å². The molecule has 0 radical (unpaired) electrons. The molecular weight excluding hydrogens is 430 g/mol. The van der Waals surface area contributed by atoms with Gasteiger partial charge in [-0.2, -0.15) is 0 Å². The molecule has 0 atom stereocenters. The molecule has 1 saturated carbocycles. The summed E-state index contributed by atoms with van der Waals surface area (Å²) in [6.07, 6.45) is 1.57. The number of ether oxygens (including phenoxy) is 1. The summed E-state index contributed by atoms with van der Waals surface area (Å²) in [6.45, 7) is 2.68. The minimum absolute atomic E-state index is 0.0451. The second-order valence-electron chi connectivity index (χ2n) is 8.71. The van der Waals surface area contributed by atoms with Gasteiger partial charge < -0.3 is 20.5 Å². The molecule has 0 spiro atoms. The predicted octanol–water partition coefficient (Wildman–Crippen LogP) is 4.11. The smallest absolute Gasteiger partial charge is 0.255 e. The third-order valence-corrected chi connectivity index (χ3v) is 6.52. The lowest BCUT2D eigenvalue weighted by molar-refractivity contribution is -0.124. The van der Waals surface area contributed by atoms with Crippen molar-refractivity contribution < 1.29 is 19.4 Å². The van der Waals surface area contributed by atoms with Crippen molar-refractivity contribution in [2.75, 3.05) is 36.9 Å². The van der Waals surface area contributed by atoms with Gasteiger partial charge in [-0.05, 0) is 54.3 Å². The number of amides is 2. The molecule has 0 aromatic heterocycles. The summed E-state index contributed by atoms with van der Waals surface area (Å²) in [5, 5.41) is 16.0. The molecule has 5 rings (SSSR count). The van der Waals surface area contributed by atoms with E-state index in [2.05, 4.69) is 15.5 Å². The van der Waals surface area contributed by atoms with Crippen LogP contribution in [0, 0.1) is 0 Å². The van der Waals surface area contributed by atoms with Gasteiger partial charge in [0.15, 0.2) is 0 Å². The highest BCUT2D eigenvalue weighted by Gasteiger charge is 2.54. The second-order valence-corrected chi connectivity index (χ2v) is 8.71. The molecule has 3 aromatic rings. The zero-order valence-electron chi connectivity index (χ0n) is 18.8. The number of hydrogen-bond donors (Lipinski definition) is 3. The average Bonchev–Trinajstić information content (AvgIpc) is 3.70. The molecule has 1 aliphatic carbocycles. The van der Waals surface area contributed by atoms with E-state index >= 15 is 0 Å². The Labute approximate surface area is 198 Å². The van der Waals surface area contributed by atoms with Crippen molar-refractivity contribution in [2.24, 2.45) is 0 Å². The van der Waals surface area contributed by atoms with Crippen LogP contribution >= 0.6 is 0 Å². The van der Waals surface area contributed by atoms with Crippen LogP contribution in [0.25, 0.3) is 11.1 Å². The Kier molecular flexibility index (Phi) is 6.04. The van der Waals surface area contributed by atoms with Gasteiger partial charge in [-0.1, -0.05) is 42.5 Å². The van der Waals surface area contributed by atoms with E-state index in [1.54, 1.807) is 24.3 Å². The first-order chi connectivity index (χ1) is 16.5. The minimum Gasteiger partial charge on any atom is -0.506 e. The molecule has 2 amide bonds. The van der Waals surface area contributed by atoms with Crippen LogP contribution in [0.2, 0.25) is 0 Å². The number of nitrogens with one attached hydrogen (secondary N) is 2. The Hall–Kier alpha value is -3.68. The fraction of sp³-hybridized carbons (Fsp3) is 0.259. The Morgan fingerprint density at radius 2 is 1.53 bits per heavy atom. The molecule has 7 nitrogen and oxygen atoms in total. The Balaban J connectivity index is 1.26. The summed E-state index contributed by atoms with van der Waals surface area (Å²) >= 11 is 0. The van der Waals surface area contributed by atoms with Gasteiger partial charge in [0, 0.05) is 24.3 Å². The molecule has 3 aromatic carbocycles. The zero-order chi connectivity index (χ0) is 23.5. The minimum atomic E-state index is -0.532. The summed E-state index contributed by atoms with van der Waals surface area (Å²) < 4.78 is 5.40. The number of phenolic OH excluding ortho intramolecular Hbond substituents is 1. The summed E-state index contributed by atoms with van der Waals surface area (Å²) in [4.78, 5) is 28.0. The van der Waals surface area contributed by atoms with Crippen LogP contribution < -0.4 is 10.6 Å². The van der Waals surface area contributed by atoms with Crippen molar-refractivity contribution in [3.8, 4) is 16.9 Å². The first kappa shape index (κ1) is 22.1. The van der Waals surface area contributed by atoms with E-state index in [9.17, 15) is 14.7 Å². The molecule has 1 aliphatic heterocycles. The highest BCUT2D eigenvalue weighted by atomic mass is 16.5. The van der Waals surface area contributed by atoms with Gasteiger partial charge in [-0.25, -0.2) is 0 Å². The molecule has 1 saturated heterocycles. The highest BCUT2D eigenvalue weighted by molar-refractivity contribution is 6.06. The Morgan fingerprint density at radius 1 is 0.853 bits per heavy atom. The largest absolute Gasteiger partial charge is 0.506 e. The normalized spacial score (nSPS) is 17.1. The molecule has 0 bridgehead atoms. The second kappa shape index (κ2) is 9.29. The zero-order valence-corrected chi connectivity index (χ0v) is 18.8. The third kappa shape index (κ3) is 4.53. The number of carbonyl (C=O) groups is 2. The van der Waals surface area contributed by atoms with E-state index in [-0.39, 0.29) is 23.3 Å². The van der Waals surface area contributed by atoms with Crippen LogP contribution in [0.15, 0.2) is 72.8 Å². The third-order valence-electron chi connectivity index (χ3n) is 6.52. The molecule has 2 fully saturated rings. The van der Waals surface area contributed by atoms with Crippen molar-refractivity contribution in [1.29, 1.82) is 0 Å². The first-order valence-electron chi connectivity index (χ1n) is 11.5. The van der Waals surface area contributed by atoms with Gasteiger partial charge in [0.1, 0.15) is 11.3 Å². The van der Waals surface area contributed by atoms with E-state index in [1.165, 1.54) is 6.07 Å². The number of benzene rings is 3. The van der Waals surface area contributed by atoms with Crippen molar-refractivity contribution in [2.45, 2.75) is 18.4 Å². The number of hydrogen-bond acceptors (Lipinski definition) is 5. The SMILES string of the molecule is O=C(Nc1ccc(O)c(NC(=O)C2(N3CCOCC3)CC2)c1)c1ccc(-c2ccccc2)cc1. The van der Waals surface area contributed by atoms with Crippen molar-refractivity contribution in [1.82, 2.24) is 4.90 Å². The van der Waals surface area contributed by atoms with Crippen LogP contribution in [0.4, 0.5) is 11.4 Å². The highest BCUT2D eigenvalue weighted by Crippen LogP contribution is 2.43. The van der Waals surface area contributed by atoms with Gasteiger partial charge >= 0.3 is 0 Å². The van der Waals surface area contributed by atoms with Crippen LogP contribution in [0.1, 0.15) is 23.2 Å².